The molecule has 6 rings (SSSR count). The molecule has 0 spiro atoms. The van der Waals surface area contributed by atoms with Gasteiger partial charge in [-0.3, -0.25) is 9.79 Å². The summed E-state index contributed by atoms with van der Waals surface area (Å²) in [6, 6.07) is 7.90. The summed E-state index contributed by atoms with van der Waals surface area (Å²) in [6.45, 7) is 0.701. The Hall–Kier alpha value is -3.52. The van der Waals surface area contributed by atoms with E-state index < -0.39 is 0 Å². The topological polar surface area (TPSA) is 126 Å². The Morgan fingerprint density at radius 3 is 2.75 bits per heavy atom. The molecule has 2 atom stereocenters. The van der Waals surface area contributed by atoms with E-state index in [1.807, 2.05) is 24.3 Å². The predicted molar refractivity (Wildman–Crippen MR) is 124 cm³/mol. The number of amides is 1. The van der Waals surface area contributed by atoms with Crippen molar-refractivity contribution in [2.45, 2.75) is 37.8 Å². The van der Waals surface area contributed by atoms with E-state index in [9.17, 15) is 9.90 Å². The third-order valence-electron chi connectivity index (χ3n) is 6.74. The summed E-state index contributed by atoms with van der Waals surface area (Å²) in [4.78, 5) is 27.5. The van der Waals surface area contributed by atoms with E-state index in [1.54, 1.807) is 0 Å². The van der Waals surface area contributed by atoms with Gasteiger partial charge in [-0.15, -0.1) is 0 Å². The smallest absolute Gasteiger partial charge is 0.255 e. The van der Waals surface area contributed by atoms with Gasteiger partial charge in [0.05, 0.1) is 39.1 Å². The van der Waals surface area contributed by atoms with Crippen molar-refractivity contribution in [2.24, 2.45) is 10.7 Å². The number of carbonyl (C=O) groups is 1. The fourth-order valence-electron chi connectivity index (χ4n) is 5.31. The van der Waals surface area contributed by atoms with E-state index in [2.05, 4.69) is 20.6 Å². The fourth-order valence-corrected chi connectivity index (χ4v) is 5.31. The first-order valence-electron chi connectivity index (χ1n) is 11.2. The van der Waals surface area contributed by atoms with E-state index >= 15 is 0 Å². The van der Waals surface area contributed by atoms with Gasteiger partial charge in [-0.2, -0.15) is 0 Å². The fraction of sp³-hybridized carbons (Fsp3) is 0.333. The first-order chi connectivity index (χ1) is 15.7. The maximum atomic E-state index is 13.3. The molecule has 162 valence electrons. The summed E-state index contributed by atoms with van der Waals surface area (Å²) in [5.41, 5.74) is 7.93. The third-order valence-corrected chi connectivity index (χ3v) is 6.74. The van der Waals surface area contributed by atoms with Gasteiger partial charge in [0.1, 0.15) is 12.1 Å². The van der Waals surface area contributed by atoms with E-state index in [0.29, 0.717) is 56.9 Å². The van der Waals surface area contributed by atoms with Crippen molar-refractivity contribution >= 4 is 44.2 Å². The number of anilines is 1. The number of nitrogens with zero attached hydrogens (tertiary/aromatic N) is 3. The average molecular weight is 428 g/mol. The molecule has 32 heavy (non-hydrogen) atoms. The number of aromatic nitrogens is 2. The maximum absolute atomic E-state index is 13.3. The lowest BCUT2D eigenvalue weighted by Gasteiger charge is -2.35. The zero-order valence-corrected chi connectivity index (χ0v) is 17.6. The molecule has 1 saturated carbocycles. The molecule has 8 heteroatoms. The molecule has 1 aliphatic carbocycles. The number of rotatable bonds is 3. The number of phenols is 1. The Bertz CT molecular complexity index is 1450. The zero-order valence-electron chi connectivity index (χ0n) is 17.6. The molecular formula is C24H24N6O2. The molecular weight excluding hydrogens is 404 g/mol. The van der Waals surface area contributed by atoms with E-state index in [-0.39, 0.29) is 23.7 Å². The van der Waals surface area contributed by atoms with Gasteiger partial charge in [0.25, 0.3) is 5.91 Å². The quantitative estimate of drug-likeness (QED) is 0.293. The molecule has 5 N–H and O–H groups in total. The lowest BCUT2D eigenvalue weighted by Crippen LogP contribution is -2.43. The molecule has 1 aromatic heterocycles. The molecule has 2 heterocycles. The number of hydrogen-bond donors (Lipinski definition) is 4. The van der Waals surface area contributed by atoms with Crippen LogP contribution in [0.15, 0.2) is 35.6 Å². The first kappa shape index (κ1) is 19.2. The minimum atomic E-state index is -0.252. The summed E-state index contributed by atoms with van der Waals surface area (Å²) in [5, 5.41) is 21.3. The number of nitrogens with two attached hydrogens (primary N) is 1. The van der Waals surface area contributed by atoms with Gasteiger partial charge >= 0.3 is 0 Å². The van der Waals surface area contributed by atoms with Crippen LogP contribution in [-0.4, -0.2) is 46.2 Å². The van der Waals surface area contributed by atoms with Crippen LogP contribution in [0.2, 0.25) is 0 Å². The lowest BCUT2D eigenvalue weighted by molar-refractivity contribution is 0.0956. The number of phenolic OH excluding ortho intramolecular Hbond substituents is 1. The monoisotopic (exact) mass is 428 g/mol. The van der Waals surface area contributed by atoms with Gasteiger partial charge in [-0.25, -0.2) is 9.97 Å². The van der Waals surface area contributed by atoms with E-state index in [4.69, 9.17) is 10.7 Å². The molecule has 1 aliphatic heterocycles. The van der Waals surface area contributed by atoms with Crippen LogP contribution < -0.4 is 21.7 Å². The Kier molecular flexibility index (Phi) is 4.36. The molecule has 0 unspecified atom stereocenters. The van der Waals surface area contributed by atoms with Gasteiger partial charge < -0.3 is 21.5 Å². The summed E-state index contributed by atoms with van der Waals surface area (Å²) in [7, 11) is 0. The maximum Gasteiger partial charge on any atom is 0.255 e. The highest BCUT2D eigenvalue weighted by Crippen LogP contribution is 2.41. The first-order valence-corrected chi connectivity index (χ1v) is 11.2. The van der Waals surface area contributed by atoms with Crippen molar-refractivity contribution in [3.05, 3.63) is 41.5 Å². The number of fused-ring (bicyclic) bond motifs is 5. The van der Waals surface area contributed by atoms with Crippen LogP contribution in [0.4, 0.5) is 5.69 Å². The molecule has 1 amide bonds. The summed E-state index contributed by atoms with van der Waals surface area (Å²) in [6.07, 6.45) is 5.72. The van der Waals surface area contributed by atoms with Gasteiger partial charge in [-0.1, -0.05) is 37.1 Å². The Balaban J connectivity index is 1.80. The van der Waals surface area contributed by atoms with Gasteiger partial charge in [0.15, 0.2) is 0 Å². The van der Waals surface area contributed by atoms with E-state index in [0.717, 1.165) is 31.1 Å². The van der Waals surface area contributed by atoms with Crippen molar-refractivity contribution in [1.82, 2.24) is 15.3 Å². The number of hydrogen-bond acceptors (Lipinski definition) is 7. The second-order valence-corrected chi connectivity index (χ2v) is 8.59. The number of nitrogens with one attached hydrogen (secondary N) is 2. The standard InChI is InChI=1S/C24H24N6O2/c25-9-10-26-24(32)18-20-16-17(21-22(18)30-15-8-4-3-7-14(15)29-21)23(31)13-6-2-1-5-12(13)19(16)27-11-28-20/h1-2,5-6,11,14-15,30-31H,3-4,7-10,25H2,(H,26,32)/t14-,15+/m0/s1. The van der Waals surface area contributed by atoms with Crippen molar-refractivity contribution < 1.29 is 9.90 Å². The van der Waals surface area contributed by atoms with Gasteiger partial charge in [0.2, 0.25) is 0 Å². The van der Waals surface area contributed by atoms with Crippen LogP contribution in [0, 0.1) is 0 Å². The van der Waals surface area contributed by atoms with Crippen molar-refractivity contribution in [1.29, 1.82) is 0 Å². The zero-order chi connectivity index (χ0) is 21.8. The molecule has 0 radical (unpaired) electrons. The summed E-state index contributed by atoms with van der Waals surface area (Å²) in [5.74, 6) is -0.101. The normalized spacial score (nSPS) is 19.9. The molecule has 0 bridgehead atoms. The number of carbonyl (C=O) groups excluding carboxylic acids is 1. The second kappa shape index (κ2) is 7.27. The molecule has 8 nitrogen and oxygen atoms in total. The minimum Gasteiger partial charge on any atom is -0.507 e. The van der Waals surface area contributed by atoms with Crippen LogP contribution in [0.1, 0.15) is 36.0 Å². The highest BCUT2D eigenvalue weighted by molar-refractivity contribution is 6.26. The van der Waals surface area contributed by atoms with Gasteiger partial charge in [-0.05, 0) is 12.8 Å². The number of benzene rings is 3. The summed E-state index contributed by atoms with van der Waals surface area (Å²) >= 11 is 0. The highest BCUT2D eigenvalue weighted by atomic mass is 16.3. The molecule has 1 fully saturated rings. The van der Waals surface area contributed by atoms with Crippen molar-refractivity contribution in [3.8, 4) is 5.75 Å². The minimum absolute atomic E-state index is 0.114. The SMILES string of the molecule is NCCNC(=O)c1c2c(c3c(O)c4ccccc4c4ncnc1c34)=N[C@H]1CCCC[C@H]1N2. The van der Waals surface area contributed by atoms with Crippen LogP contribution in [0.5, 0.6) is 5.75 Å². The second-order valence-electron chi connectivity index (χ2n) is 8.59. The highest BCUT2D eigenvalue weighted by Gasteiger charge is 2.33. The van der Waals surface area contributed by atoms with Crippen molar-refractivity contribution in [2.75, 3.05) is 18.4 Å². The lowest BCUT2D eigenvalue weighted by atomic mass is 9.87. The predicted octanol–water partition coefficient (Wildman–Crippen LogP) is 2.41. The Labute approximate surface area is 183 Å². The third kappa shape index (κ3) is 2.65. The Morgan fingerprint density at radius 1 is 1.12 bits per heavy atom. The molecule has 0 saturated heterocycles. The largest absolute Gasteiger partial charge is 0.507 e. The van der Waals surface area contributed by atoms with Crippen LogP contribution in [-0.2, 0) is 0 Å². The van der Waals surface area contributed by atoms with E-state index in [1.165, 1.54) is 6.33 Å². The molecule has 2 aliphatic rings. The molecule has 4 aromatic rings. The Morgan fingerprint density at radius 2 is 1.91 bits per heavy atom. The van der Waals surface area contributed by atoms with Crippen LogP contribution in [0.3, 0.4) is 0 Å². The van der Waals surface area contributed by atoms with Crippen LogP contribution in [0.25, 0.3) is 32.6 Å². The van der Waals surface area contributed by atoms with Gasteiger partial charge in [0, 0.05) is 35.3 Å². The van der Waals surface area contributed by atoms with Crippen LogP contribution >= 0.6 is 0 Å². The summed E-state index contributed by atoms with van der Waals surface area (Å²) < 4.78 is 0. The molecule has 3 aromatic carbocycles. The number of aromatic hydroxyl groups is 1. The van der Waals surface area contributed by atoms with Crippen molar-refractivity contribution in [3.63, 3.8) is 0 Å². The average Bonchev–Trinajstić information content (AvgIpc) is 2.83.